The smallest absolute Gasteiger partial charge is 0.259 e. The molecule has 2 N–H and O–H groups in total. The maximum atomic E-state index is 12.8. The predicted molar refractivity (Wildman–Crippen MR) is 116 cm³/mol. The molecule has 0 aliphatic heterocycles. The number of hydrogen-bond donors (Lipinski definition) is 2. The number of rotatable bonds is 7. The van der Waals surface area contributed by atoms with Gasteiger partial charge in [-0.25, -0.2) is 0 Å². The van der Waals surface area contributed by atoms with Gasteiger partial charge >= 0.3 is 0 Å². The Morgan fingerprint density at radius 2 is 1.59 bits per heavy atom. The van der Waals surface area contributed by atoms with E-state index >= 15 is 0 Å². The number of carbonyl (C=O) groups is 2. The Labute approximate surface area is 174 Å². The van der Waals surface area contributed by atoms with Crippen LogP contribution in [0.4, 0.5) is 11.4 Å². The summed E-state index contributed by atoms with van der Waals surface area (Å²) in [6.07, 6.45) is 0.384. The molecule has 0 aliphatic carbocycles. The third-order valence-corrected chi connectivity index (χ3v) is 4.42. The SMILES string of the molecule is CCC(=O)Nc1cccc(NC(=O)c2ccccc2OCc2ccc(Cl)cc2)c1. The van der Waals surface area contributed by atoms with E-state index in [1.807, 2.05) is 18.2 Å². The Morgan fingerprint density at radius 1 is 0.897 bits per heavy atom. The lowest BCUT2D eigenvalue weighted by Crippen LogP contribution is -2.14. The van der Waals surface area contributed by atoms with Crippen LogP contribution >= 0.6 is 11.6 Å². The van der Waals surface area contributed by atoms with E-state index in [9.17, 15) is 9.59 Å². The summed E-state index contributed by atoms with van der Waals surface area (Å²) in [6, 6.07) is 21.4. The summed E-state index contributed by atoms with van der Waals surface area (Å²) >= 11 is 5.90. The van der Waals surface area contributed by atoms with E-state index < -0.39 is 0 Å². The minimum atomic E-state index is -0.296. The predicted octanol–water partition coefficient (Wildman–Crippen LogP) is 5.52. The number of nitrogens with one attached hydrogen (secondary N) is 2. The highest BCUT2D eigenvalue weighted by atomic mass is 35.5. The monoisotopic (exact) mass is 408 g/mol. The molecule has 29 heavy (non-hydrogen) atoms. The molecule has 2 amide bonds. The normalized spacial score (nSPS) is 10.3. The number of anilines is 2. The molecular weight excluding hydrogens is 388 g/mol. The van der Waals surface area contributed by atoms with Crippen molar-refractivity contribution in [2.75, 3.05) is 10.6 Å². The quantitative estimate of drug-likeness (QED) is 0.540. The molecule has 5 nitrogen and oxygen atoms in total. The number of benzene rings is 3. The van der Waals surface area contributed by atoms with E-state index in [4.69, 9.17) is 16.3 Å². The summed E-state index contributed by atoms with van der Waals surface area (Å²) in [5.41, 5.74) is 2.58. The topological polar surface area (TPSA) is 67.4 Å². The second-order valence-electron chi connectivity index (χ2n) is 6.35. The van der Waals surface area contributed by atoms with E-state index in [0.29, 0.717) is 40.7 Å². The molecule has 3 aromatic rings. The van der Waals surface area contributed by atoms with Gasteiger partial charge in [0.1, 0.15) is 12.4 Å². The van der Waals surface area contributed by atoms with Gasteiger partial charge in [-0.1, -0.05) is 48.9 Å². The molecule has 0 heterocycles. The zero-order valence-electron chi connectivity index (χ0n) is 15.9. The molecule has 0 unspecified atom stereocenters. The second kappa shape index (κ2) is 9.75. The molecule has 0 fully saturated rings. The van der Waals surface area contributed by atoms with Crippen LogP contribution in [-0.4, -0.2) is 11.8 Å². The molecule has 3 aromatic carbocycles. The van der Waals surface area contributed by atoms with Crippen molar-refractivity contribution in [3.8, 4) is 5.75 Å². The highest BCUT2D eigenvalue weighted by Gasteiger charge is 2.13. The van der Waals surface area contributed by atoms with Crippen LogP contribution in [0.15, 0.2) is 72.8 Å². The van der Waals surface area contributed by atoms with Gasteiger partial charge in [0.05, 0.1) is 5.56 Å². The van der Waals surface area contributed by atoms with Crippen LogP contribution in [0.5, 0.6) is 5.75 Å². The van der Waals surface area contributed by atoms with E-state index in [0.717, 1.165) is 5.56 Å². The molecule has 3 rings (SSSR count). The largest absolute Gasteiger partial charge is 0.488 e. The van der Waals surface area contributed by atoms with Gasteiger partial charge in [0.15, 0.2) is 0 Å². The van der Waals surface area contributed by atoms with E-state index in [-0.39, 0.29) is 11.8 Å². The fourth-order valence-electron chi connectivity index (χ4n) is 2.64. The molecule has 148 valence electrons. The van der Waals surface area contributed by atoms with Crippen molar-refractivity contribution >= 4 is 34.8 Å². The first-order valence-electron chi connectivity index (χ1n) is 9.22. The third kappa shape index (κ3) is 5.83. The van der Waals surface area contributed by atoms with Crippen molar-refractivity contribution < 1.29 is 14.3 Å². The summed E-state index contributed by atoms with van der Waals surface area (Å²) in [4.78, 5) is 24.4. The molecular formula is C23H21ClN2O3. The lowest BCUT2D eigenvalue weighted by atomic mass is 10.1. The van der Waals surface area contributed by atoms with Crippen molar-refractivity contribution in [2.24, 2.45) is 0 Å². The van der Waals surface area contributed by atoms with Gasteiger partial charge in [-0.3, -0.25) is 9.59 Å². The van der Waals surface area contributed by atoms with Gasteiger partial charge in [0.2, 0.25) is 5.91 Å². The molecule has 0 radical (unpaired) electrons. The first kappa shape index (κ1) is 20.4. The molecule has 0 saturated heterocycles. The first-order chi connectivity index (χ1) is 14.0. The van der Waals surface area contributed by atoms with Gasteiger partial charge in [-0.2, -0.15) is 0 Å². The maximum absolute atomic E-state index is 12.8. The van der Waals surface area contributed by atoms with Crippen LogP contribution in [0.1, 0.15) is 29.3 Å². The number of para-hydroxylation sites is 1. The van der Waals surface area contributed by atoms with Crippen LogP contribution in [0.3, 0.4) is 0 Å². The Morgan fingerprint density at radius 3 is 2.31 bits per heavy atom. The van der Waals surface area contributed by atoms with Gasteiger partial charge in [0, 0.05) is 22.8 Å². The summed E-state index contributed by atoms with van der Waals surface area (Å²) in [5, 5.41) is 6.28. The molecule has 0 atom stereocenters. The Bertz CT molecular complexity index is 1000. The number of hydrogen-bond acceptors (Lipinski definition) is 3. The molecule has 0 saturated carbocycles. The lowest BCUT2D eigenvalue weighted by Gasteiger charge is -2.12. The molecule has 0 bridgehead atoms. The van der Waals surface area contributed by atoms with Crippen molar-refractivity contribution in [3.05, 3.63) is 88.9 Å². The molecule has 0 aliphatic rings. The summed E-state index contributed by atoms with van der Waals surface area (Å²) in [5.74, 6) is 0.0977. The fraction of sp³-hybridized carbons (Fsp3) is 0.130. The average molecular weight is 409 g/mol. The maximum Gasteiger partial charge on any atom is 0.259 e. The van der Waals surface area contributed by atoms with Gasteiger partial charge in [-0.05, 0) is 48.0 Å². The minimum absolute atomic E-state index is 0.0885. The molecule has 0 spiro atoms. The summed E-state index contributed by atoms with van der Waals surface area (Å²) in [7, 11) is 0. The Balaban J connectivity index is 1.70. The first-order valence-corrected chi connectivity index (χ1v) is 9.60. The number of ether oxygens (including phenoxy) is 1. The fourth-order valence-corrected chi connectivity index (χ4v) is 2.77. The standard InChI is InChI=1S/C23H21ClN2O3/c1-2-22(27)25-18-6-5-7-19(14-18)26-23(28)20-8-3-4-9-21(20)29-15-16-10-12-17(24)13-11-16/h3-14H,2,15H2,1H3,(H,25,27)(H,26,28). The van der Waals surface area contributed by atoms with Crippen LogP contribution < -0.4 is 15.4 Å². The van der Waals surface area contributed by atoms with Crippen LogP contribution in [0.25, 0.3) is 0 Å². The van der Waals surface area contributed by atoms with Crippen LogP contribution in [0.2, 0.25) is 5.02 Å². The van der Waals surface area contributed by atoms with Crippen molar-refractivity contribution in [1.29, 1.82) is 0 Å². The number of amides is 2. The molecule has 6 heteroatoms. The van der Waals surface area contributed by atoms with Crippen molar-refractivity contribution in [1.82, 2.24) is 0 Å². The lowest BCUT2D eigenvalue weighted by molar-refractivity contribution is -0.115. The van der Waals surface area contributed by atoms with E-state index in [1.54, 1.807) is 61.5 Å². The van der Waals surface area contributed by atoms with Crippen molar-refractivity contribution in [2.45, 2.75) is 20.0 Å². The average Bonchev–Trinajstić information content (AvgIpc) is 2.73. The second-order valence-corrected chi connectivity index (χ2v) is 6.78. The van der Waals surface area contributed by atoms with E-state index in [2.05, 4.69) is 10.6 Å². The number of carbonyl (C=O) groups excluding carboxylic acids is 2. The minimum Gasteiger partial charge on any atom is -0.488 e. The van der Waals surface area contributed by atoms with E-state index in [1.165, 1.54) is 0 Å². The highest BCUT2D eigenvalue weighted by molar-refractivity contribution is 6.30. The Hall–Kier alpha value is -3.31. The van der Waals surface area contributed by atoms with Gasteiger partial charge in [-0.15, -0.1) is 0 Å². The molecule has 0 aromatic heterocycles. The van der Waals surface area contributed by atoms with Gasteiger partial charge in [0.25, 0.3) is 5.91 Å². The third-order valence-electron chi connectivity index (χ3n) is 4.16. The zero-order chi connectivity index (χ0) is 20.6. The Kier molecular flexibility index (Phi) is 6.87. The highest BCUT2D eigenvalue weighted by Crippen LogP contribution is 2.22. The van der Waals surface area contributed by atoms with Crippen LogP contribution in [0, 0.1) is 0 Å². The summed E-state index contributed by atoms with van der Waals surface area (Å²) < 4.78 is 5.85. The number of halogens is 1. The van der Waals surface area contributed by atoms with Gasteiger partial charge < -0.3 is 15.4 Å². The zero-order valence-corrected chi connectivity index (χ0v) is 16.7. The van der Waals surface area contributed by atoms with Crippen molar-refractivity contribution in [3.63, 3.8) is 0 Å². The van der Waals surface area contributed by atoms with Crippen LogP contribution in [-0.2, 0) is 11.4 Å². The summed E-state index contributed by atoms with van der Waals surface area (Å²) in [6.45, 7) is 2.10.